The van der Waals surface area contributed by atoms with Crippen LogP contribution >= 0.6 is 11.6 Å². The summed E-state index contributed by atoms with van der Waals surface area (Å²) in [5.74, 6) is 0.712. The zero-order valence-corrected chi connectivity index (χ0v) is 10.3. The highest BCUT2D eigenvalue weighted by Gasteiger charge is 2.03. The molecule has 0 radical (unpaired) electrons. The van der Waals surface area contributed by atoms with E-state index in [1.54, 1.807) is 0 Å². The van der Waals surface area contributed by atoms with Crippen LogP contribution in [0.3, 0.4) is 0 Å². The van der Waals surface area contributed by atoms with Crippen LogP contribution < -0.4 is 4.74 Å². The van der Waals surface area contributed by atoms with Crippen molar-refractivity contribution in [1.82, 2.24) is 4.90 Å². The molecule has 0 saturated heterocycles. The lowest BCUT2D eigenvalue weighted by molar-refractivity contribution is 0.174. The van der Waals surface area contributed by atoms with Crippen LogP contribution in [0.15, 0.2) is 24.3 Å². The van der Waals surface area contributed by atoms with Gasteiger partial charge in [0.2, 0.25) is 0 Å². The van der Waals surface area contributed by atoms with Crippen LogP contribution in [-0.4, -0.2) is 42.9 Å². The molecule has 0 fully saturated rings. The number of nitrogens with zero attached hydrogens (tertiary/aromatic N) is 1. The van der Waals surface area contributed by atoms with Gasteiger partial charge in [0.25, 0.3) is 0 Å². The van der Waals surface area contributed by atoms with Gasteiger partial charge in [-0.15, -0.1) is 0 Å². The van der Waals surface area contributed by atoms with Gasteiger partial charge >= 0.3 is 0 Å². The maximum atomic E-state index is 8.82. The molecule has 0 atom stereocenters. The van der Waals surface area contributed by atoms with Gasteiger partial charge in [-0.1, -0.05) is 30.7 Å². The Labute approximate surface area is 102 Å². The third-order valence-electron chi connectivity index (χ3n) is 2.37. The van der Waals surface area contributed by atoms with Gasteiger partial charge in [-0.25, -0.2) is 0 Å². The summed E-state index contributed by atoms with van der Waals surface area (Å²) >= 11 is 5.96. The molecule has 16 heavy (non-hydrogen) atoms. The lowest BCUT2D eigenvalue weighted by atomic mass is 10.3. The number of benzene rings is 1. The van der Waals surface area contributed by atoms with E-state index in [2.05, 4.69) is 11.8 Å². The molecule has 0 spiro atoms. The Morgan fingerprint density at radius 1 is 1.31 bits per heavy atom. The van der Waals surface area contributed by atoms with Crippen molar-refractivity contribution in [3.8, 4) is 5.75 Å². The van der Waals surface area contributed by atoms with Crippen LogP contribution in [0, 0.1) is 0 Å². The van der Waals surface area contributed by atoms with Gasteiger partial charge in [0.1, 0.15) is 12.4 Å². The smallest absolute Gasteiger partial charge is 0.137 e. The third-order valence-corrected chi connectivity index (χ3v) is 2.68. The monoisotopic (exact) mass is 243 g/mol. The van der Waals surface area contributed by atoms with Crippen molar-refractivity contribution in [2.24, 2.45) is 0 Å². The lowest BCUT2D eigenvalue weighted by Crippen LogP contribution is -2.30. The van der Waals surface area contributed by atoms with Crippen LogP contribution in [-0.2, 0) is 0 Å². The molecular weight excluding hydrogens is 226 g/mol. The van der Waals surface area contributed by atoms with E-state index in [9.17, 15) is 0 Å². The molecule has 1 rings (SSSR count). The van der Waals surface area contributed by atoms with Crippen LogP contribution in [0.5, 0.6) is 5.75 Å². The first-order valence-corrected chi connectivity index (χ1v) is 5.86. The van der Waals surface area contributed by atoms with E-state index in [-0.39, 0.29) is 6.61 Å². The first-order valence-electron chi connectivity index (χ1n) is 5.48. The van der Waals surface area contributed by atoms with Crippen molar-refractivity contribution in [1.29, 1.82) is 0 Å². The van der Waals surface area contributed by atoms with E-state index in [0.717, 1.165) is 13.1 Å². The molecule has 0 heterocycles. The summed E-state index contributed by atoms with van der Waals surface area (Å²) in [5.41, 5.74) is 0. The van der Waals surface area contributed by atoms with Gasteiger partial charge in [-0.05, 0) is 18.7 Å². The third kappa shape index (κ3) is 4.39. The van der Waals surface area contributed by atoms with Gasteiger partial charge in [-0.3, -0.25) is 4.90 Å². The van der Waals surface area contributed by atoms with Crippen LogP contribution in [0.4, 0.5) is 0 Å². The Morgan fingerprint density at radius 3 is 2.69 bits per heavy atom. The molecule has 0 aromatic heterocycles. The number of hydrogen-bond acceptors (Lipinski definition) is 3. The molecular formula is C12H18ClNO2. The predicted octanol–water partition coefficient (Wildman–Crippen LogP) is 2.03. The number of rotatable bonds is 7. The summed E-state index contributed by atoms with van der Waals surface area (Å²) in [6.07, 6.45) is 0. The number of hydrogen-bond donors (Lipinski definition) is 1. The van der Waals surface area contributed by atoms with Gasteiger partial charge in [0, 0.05) is 13.1 Å². The maximum Gasteiger partial charge on any atom is 0.137 e. The van der Waals surface area contributed by atoms with E-state index in [4.69, 9.17) is 21.4 Å². The van der Waals surface area contributed by atoms with E-state index < -0.39 is 0 Å². The number of ether oxygens (including phenoxy) is 1. The summed E-state index contributed by atoms with van der Waals surface area (Å²) in [6, 6.07) is 7.43. The number of aliphatic hydroxyl groups is 1. The van der Waals surface area contributed by atoms with Crippen molar-refractivity contribution in [3.05, 3.63) is 29.3 Å². The molecule has 0 aliphatic heterocycles. The normalized spacial score (nSPS) is 10.8. The molecule has 0 aliphatic rings. The molecule has 1 aromatic rings. The topological polar surface area (TPSA) is 32.7 Å². The summed E-state index contributed by atoms with van der Waals surface area (Å²) in [5, 5.41) is 9.46. The highest BCUT2D eigenvalue weighted by Crippen LogP contribution is 2.22. The second-order valence-corrected chi connectivity index (χ2v) is 3.84. The van der Waals surface area contributed by atoms with Crippen LogP contribution in [0.1, 0.15) is 6.92 Å². The minimum Gasteiger partial charge on any atom is -0.491 e. The maximum absolute atomic E-state index is 8.82. The van der Waals surface area contributed by atoms with Gasteiger partial charge in [0.05, 0.1) is 11.6 Å². The predicted molar refractivity (Wildman–Crippen MR) is 66.1 cm³/mol. The second-order valence-electron chi connectivity index (χ2n) is 3.44. The Bertz CT molecular complexity index is 307. The molecule has 0 saturated carbocycles. The fourth-order valence-corrected chi connectivity index (χ4v) is 1.61. The van der Waals surface area contributed by atoms with Crippen LogP contribution in [0.25, 0.3) is 0 Å². The quantitative estimate of drug-likeness (QED) is 0.796. The van der Waals surface area contributed by atoms with Gasteiger partial charge in [-0.2, -0.15) is 0 Å². The molecule has 0 bridgehead atoms. The SMILES string of the molecule is CCN(CCO)CCOc1ccccc1Cl. The zero-order chi connectivity index (χ0) is 11.8. The van der Waals surface area contributed by atoms with E-state index in [0.29, 0.717) is 23.9 Å². The highest BCUT2D eigenvalue weighted by molar-refractivity contribution is 6.32. The number of halogens is 1. The Balaban J connectivity index is 2.32. The van der Waals surface area contributed by atoms with Crippen LogP contribution in [0.2, 0.25) is 5.02 Å². The summed E-state index contributed by atoms with van der Waals surface area (Å²) in [4.78, 5) is 2.12. The Kier molecular flexibility index (Phi) is 6.23. The number of likely N-dealkylation sites (N-methyl/N-ethyl adjacent to an activating group) is 1. The standard InChI is InChI=1S/C12H18ClNO2/c1-2-14(7-9-15)8-10-16-12-6-4-3-5-11(12)13/h3-6,15H,2,7-10H2,1H3. The van der Waals surface area contributed by atoms with Crippen molar-refractivity contribution >= 4 is 11.6 Å². The molecule has 0 unspecified atom stereocenters. The molecule has 1 aromatic carbocycles. The minimum absolute atomic E-state index is 0.180. The first-order chi connectivity index (χ1) is 7.77. The Hall–Kier alpha value is -0.770. The van der Waals surface area contributed by atoms with Gasteiger partial charge < -0.3 is 9.84 Å². The molecule has 90 valence electrons. The second kappa shape index (κ2) is 7.49. The minimum atomic E-state index is 0.180. The molecule has 0 amide bonds. The van der Waals surface area contributed by atoms with E-state index in [1.807, 2.05) is 24.3 Å². The average Bonchev–Trinajstić information content (AvgIpc) is 2.30. The molecule has 1 N–H and O–H groups in total. The lowest BCUT2D eigenvalue weighted by Gasteiger charge is -2.19. The largest absolute Gasteiger partial charge is 0.491 e. The number of aliphatic hydroxyl groups excluding tert-OH is 1. The fraction of sp³-hybridized carbons (Fsp3) is 0.500. The molecule has 3 nitrogen and oxygen atoms in total. The summed E-state index contributed by atoms with van der Waals surface area (Å²) < 4.78 is 5.56. The van der Waals surface area contributed by atoms with Crippen molar-refractivity contribution in [2.45, 2.75) is 6.92 Å². The first kappa shape index (κ1) is 13.3. The molecule has 4 heteroatoms. The Morgan fingerprint density at radius 2 is 2.06 bits per heavy atom. The summed E-state index contributed by atoms with van der Waals surface area (Å²) in [6.45, 7) is 5.21. The van der Waals surface area contributed by atoms with Gasteiger partial charge in [0.15, 0.2) is 0 Å². The average molecular weight is 244 g/mol. The van der Waals surface area contributed by atoms with Crippen molar-refractivity contribution in [3.63, 3.8) is 0 Å². The van der Waals surface area contributed by atoms with Crippen molar-refractivity contribution < 1.29 is 9.84 Å². The zero-order valence-electron chi connectivity index (χ0n) is 9.53. The fourth-order valence-electron chi connectivity index (χ4n) is 1.42. The van der Waals surface area contributed by atoms with E-state index in [1.165, 1.54) is 0 Å². The summed E-state index contributed by atoms with van der Waals surface area (Å²) in [7, 11) is 0. The number of para-hydroxylation sites is 1. The highest BCUT2D eigenvalue weighted by atomic mass is 35.5. The van der Waals surface area contributed by atoms with E-state index >= 15 is 0 Å². The van der Waals surface area contributed by atoms with Crippen molar-refractivity contribution in [2.75, 3.05) is 32.8 Å². The molecule has 0 aliphatic carbocycles.